The van der Waals surface area contributed by atoms with E-state index >= 15 is 0 Å². The number of thiazole rings is 2. The summed E-state index contributed by atoms with van der Waals surface area (Å²) in [7, 11) is 3.79. The van der Waals surface area contributed by atoms with Crippen LogP contribution in [0.3, 0.4) is 0 Å². The van der Waals surface area contributed by atoms with E-state index in [1.54, 1.807) is 44.1 Å². The second-order valence-corrected chi connectivity index (χ2v) is 18.8. The summed E-state index contributed by atoms with van der Waals surface area (Å²) in [4.78, 5) is 76.0. The fraction of sp³-hybridized carbons (Fsp3) is 0.280. The number of ether oxygens (including phenoxy) is 3. The minimum Gasteiger partial charge on any atom is -0.462 e. The third-order valence-corrected chi connectivity index (χ3v) is 14.7. The first kappa shape index (κ1) is 47.1. The van der Waals surface area contributed by atoms with Gasteiger partial charge in [0.05, 0.1) is 94.8 Å². The average molecular weight is 995 g/mol. The van der Waals surface area contributed by atoms with E-state index in [2.05, 4.69) is 25.1 Å². The first-order valence-corrected chi connectivity index (χ1v) is 24.7. The number of aryl methyl sites for hydroxylation is 2. The number of para-hydroxylation sites is 2. The van der Waals surface area contributed by atoms with Gasteiger partial charge >= 0.3 is 5.97 Å². The van der Waals surface area contributed by atoms with Gasteiger partial charge in [-0.3, -0.25) is 23.2 Å². The van der Waals surface area contributed by atoms with Crippen molar-refractivity contribution in [2.45, 2.75) is 20.0 Å². The van der Waals surface area contributed by atoms with Crippen LogP contribution in [-0.2, 0) is 41.4 Å². The number of nitrogens with two attached hydrogens (primary N) is 1. The molecule has 0 radical (unpaired) electrons. The highest BCUT2D eigenvalue weighted by molar-refractivity contribution is 7.24. The number of carbonyl (C=O) groups is 2. The second kappa shape index (κ2) is 20.4. The SMILES string of the molecule is CCOC(=O)c1c(=O)c2ccc(N3CCOCC3)nc2n2c1sc1ccccc12.Cn1cncc1CN.Cn1cncc1CNC(=O)c1c(=O)c2ccc(N3CCOCC3)nc2n2c1sc1ccccc12. The molecule has 364 valence electrons. The quantitative estimate of drug-likeness (QED) is 0.180. The van der Waals surface area contributed by atoms with E-state index in [0.717, 1.165) is 69.6 Å². The number of morpholine rings is 2. The van der Waals surface area contributed by atoms with Crippen LogP contribution in [0.4, 0.5) is 11.6 Å². The molecule has 3 N–H and O–H groups in total. The van der Waals surface area contributed by atoms with Crippen LogP contribution in [0.5, 0.6) is 0 Å². The topological polar surface area (TPSA) is 211 Å². The zero-order chi connectivity index (χ0) is 49.2. The molecule has 0 saturated carbocycles. The third kappa shape index (κ3) is 9.09. The van der Waals surface area contributed by atoms with Crippen molar-refractivity contribution >= 4 is 98.3 Å². The molecule has 1 amide bonds. The summed E-state index contributed by atoms with van der Waals surface area (Å²) in [6, 6.07) is 22.9. The zero-order valence-corrected chi connectivity index (χ0v) is 40.9. The Hall–Kier alpha value is -7.56. The van der Waals surface area contributed by atoms with Gasteiger partial charge in [-0.1, -0.05) is 24.3 Å². The molecule has 2 fully saturated rings. The van der Waals surface area contributed by atoms with Gasteiger partial charge in [-0.15, -0.1) is 22.7 Å². The van der Waals surface area contributed by atoms with Crippen LogP contribution in [-0.4, -0.2) is 109 Å². The molecule has 71 heavy (non-hydrogen) atoms. The highest BCUT2D eigenvalue weighted by atomic mass is 32.1. The molecule has 21 heteroatoms. The monoisotopic (exact) mass is 994 g/mol. The molecule has 19 nitrogen and oxygen atoms in total. The standard InChI is InChI=1S/C24H22N6O3S.C21H19N3O4S.C5H9N3/c1-28-14-25-12-15(28)13-26-23(32)20-21(31)16-6-7-19(29-8-10-33-11-9-29)27-22(16)30-17-4-2-3-5-18(17)34-24(20)30;1-2-28-21(26)17-18(25)13-7-8-16(23-9-11-27-12-10-23)22-19(13)24-14-5-3-4-6-15(14)29-20(17)24;1-8-4-7-3-5(8)2-6/h2-7,12,14H,8-11,13H2,1H3,(H,26,32);3-8H,2,9-12H2,1H3;3-4H,2,6H2,1H3. The average Bonchev–Trinajstić information content (AvgIpc) is 4.21. The van der Waals surface area contributed by atoms with Crippen LogP contribution in [0.25, 0.3) is 52.2 Å². The molecule has 2 saturated heterocycles. The maximum Gasteiger partial charge on any atom is 0.345 e. The minimum atomic E-state index is -0.597. The molecule has 0 unspecified atom stereocenters. The second-order valence-electron chi connectivity index (χ2n) is 16.7. The maximum absolute atomic E-state index is 13.6. The van der Waals surface area contributed by atoms with Gasteiger partial charge in [0, 0.05) is 59.2 Å². The number of carbonyl (C=O) groups excluding carboxylic acids is 2. The Balaban J connectivity index is 0.000000143. The number of rotatable bonds is 8. The number of fused-ring (bicyclic) bond motifs is 10. The molecule has 2 aromatic carbocycles. The van der Waals surface area contributed by atoms with E-state index in [-0.39, 0.29) is 35.1 Å². The lowest BCUT2D eigenvalue weighted by Gasteiger charge is -2.27. The number of imidazole rings is 2. The first-order chi connectivity index (χ1) is 34.6. The van der Waals surface area contributed by atoms with Crippen molar-refractivity contribution in [1.82, 2.24) is 43.2 Å². The number of benzene rings is 2. The van der Waals surface area contributed by atoms with E-state index in [9.17, 15) is 19.2 Å². The Morgan fingerprint density at radius 1 is 0.676 bits per heavy atom. The molecule has 0 spiro atoms. The smallest absolute Gasteiger partial charge is 0.345 e. The minimum absolute atomic E-state index is 0.0708. The molecule has 10 heterocycles. The molecule has 0 atom stereocenters. The summed E-state index contributed by atoms with van der Waals surface area (Å²) in [5, 5.41) is 3.73. The number of hydrogen-bond donors (Lipinski definition) is 2. The van der Waals surface area contributed by atoms with Crippen molar-refractivity contribution < 1.29 is 23.8 Å². The van der Waals surface area contributed by atoms with Crippen molar-refractivity contribution in [1.29, 1.82) is 0 Å². The van der Waals surface area contributed by atoms with Crippen LogP contribution < -0.4 is 31.7 Å². The lowest BCUT2D eigenvalue weighted by molar-refractivity contribution is 0.0527. The van der Waals surface area contributed by atoms with Crippen molar-refractivity contribution in [3.8, 4) is 0 Å². The molecule has 2 aliphatic rings. The summed E-state index contributed by atoms with van der Waals surface area (Å²) >= 11 is 2.83. The van der Waals surface area contributed by atoms with Gasteiger partial charge in [0.1, 0.15) is 32.4 Å². The number of anilines is 2. The van der Waals surface area contributed by atoms with Gasteiger partial charge < -0.3 is 44.2 Å². The number of pyridine rings is 4. The Morgan fingerprint density at radius 2 is 1.15 bits per heavy atom. The Morgan fingerprint density at radius 3 is 1.62 bits per heavy atom. The molecule has 10 aromatic rings. The summed E-state index contributed by atoms with van der Waals surface area (Å²) in [6.45, 7) is 8.37. The van der Waals surface area contributed by atoms with Crippen LogP contribution in [0.15, 0.2) is 107 Å². The normalized spacial score (nSPS) is 14.0. The van der Waals surface area contributed by atoms with E-state index in [1.165, 1.54) is 22.7 Å². The van der Waals surface area contributed by atoms with Gasteiger partial charge in [0.2, 0.25) is 10.9 Å². The van der Waals surface area contributed by atoms with Gasteiger partial charge in [0.25, 0.3) is 5.91 Å². The molecule has 0 bridgehead atoms. The van der Waals surface area contributed by atoms with E-state index in [1.807, 2.05) is 92.7 Å². The van der Waals surface area contributed by atoms with Crippen LogP contribution in [0, 0.1) is 0 Å². The summed E-state index contributed by atoms with van der Waals surface area (Å²) in [5.41, 5.74) is 9.73. The Kier molecular flexibility index (Phi) is 13.6. The number of hydrogen-bond acceptors (Lipinski definition) is 16. The van der Waals surface area contributed by atoms with Crippen molar-refractivity contribution in [3.63, 3.8) is 0 Å². The first-order valence-electron chi connectivity index (χ1n) is 23.1. The summed E-state index contributed by atoms with van der Waals surface area (Å²) in [6.07, 6.45) is 6.87. The summed E-state index contributed by atoms with van der Waals surface area (Å²) < 4.78 is 25.6. The van der Waals surface area contributed by atoms with Crippen molar-refractivity contribution in [2.75, 3.05) is 69.0 Å². The number of nitrogens with zero attached hydrogens (tertiary/aromatic N) is 10. The Bertz CT molecular complexity index is 3730. The zero-order valence-electron chi connectivity index (χ0n) is 39.2. The number of amides is 1. The van der Waals surface area contributed by atoms with Crippen LogP contribution in [0.2, 0.25) is 0 Å². The molecular formula is C50H50N12O7S2. The molecule has 8 aromatic heterocycles. The van der Waals surface area contributed by atoms with Crippen LogP contribution >= 0.6 is 22.7 Å². The third-order valence-electron chi connectivity index (χ3n) is 12.4. The van der Waals surface area contributed by atoms with E-state index in [0.29, 0.717) is 64.7 Å². The highest BCUT2D eigenvalue weighted by Gasteiger charge is 2.26. The van der Waals surface area contributed by atoms with E-state index < -0.39 is 11.9 Å². The molecular weight excluding hydrogens is 945 g/mol. The Labute approximate surface area is 413 Å². The number of esters is 1. The molecule has 2 aliphatic heterocycles. The maximum atomic E-state index is 13.6. The molecule has 0 aliphatic carbocycles. The largest absolute Gasteiger partial charge is 0.462 e. The molecule has 12 rings (SSSR count). The van der Waals surface area contributed by atoms with Crippen molar-refractivity contribution in [3.05, 3.63) is 141 Å². The van der Waals surface area contributed by atoms with Gasteiger partial charge in [-0.05, 0) is 55.5 Å². The van der Waals surface area contributed by atoms with Gasteiger partial charge in [-0.2, -0.15) is 0 Å². The van der Waals surface area contributed by atoms with E-state index in [4.69, 9.17) is 29.9 Å². The predicted molar refractivity (Wildman–Crippen MR) is 276 cm³/mol. The van der Waals surface area contributed by atoms with Gasteiger partial charge in [-0.25, -0.2) is 24.7 Å². The number of nitrogens with one attached hydrogen (secondary N) is 1. The lowest BCUT2D eigenvalue weighted by Crippen LogP contribution is -2.36. The van der Waals surface area contributed by atoms with Crippen LogP contribution in [0.1, 0.15) is 39.0 Å². The fourth-order valence-corrected chi connectivity index (χ4v) is 11.0. The van der Waals surface area contributed by atoms with Gasteiger partial charge in [0.15, 0.2) is 11.3 Å². The highest BCUT2D eigenvalue weighted by Crippen LogP contribution is 2.33. The number of aromatic nitrogens is 8. The van der Waals surface area contributed by atoms with Crippen molar-refractivity contribution in [2.24, 2.45) is 19.8 Å². The lowest BCUT2D eigenvalue weighted by atomic mass is 10.1. The predicted octanol–water partition coefficient (Wildman–Crippen LogP) is 5.52. The fourth-order valence-electron chi connectivity index (χ4n) is 8.67. The summed E-state index contributed by atoms with van der Waals surface area (Å²) in [5.74, 6) is 0.594.